The van der Waals surface area contributed by atoms with E-state index in [9.17, 15) is 15.0 Å². The summed E-state index contributed by atoms with van der Waals surface area (Å²) in [6, 6.07) is 0. The summed E-state index contributed by atoms with van der Waals surface area (Å²) in [5.41, 5.74) is 0. The molecule has 152 valence electrons. The van der Waals surface area contributed by atoms with Gasteiger partial charge < -0.3 is 15.3 Å². The molecule has 3 N–H and O–H groups in total. The zero-order valence-corrected chi connectivity index (χ0v) is 17.8. The first-order valence-electron chi connectivity index (χ1n) is 10.3. The zero-order chi connectivity index (χ0) is 19.4. The fourth-order valence-corrected chi connectivity index (χ4v) is 4.79. The molecule has 0 radical (unpaired) electrons. The van der Waals surface area contributed by atoms with Gasteiger partial charge in [-0.1, -0.05) is 67.1 Å². The Bertz CT molecular complexity index is 422. The van der Waals surface area contributed by atoms with E-state index in [0.717, 1.165) is 30.5 Å². The van der Waals surface area contributed by atoms with Crippen molar-refractivity contribution >= 4 is 21.9 Å². The van der Waals surface area contributed by atoms with Crippen LogP contribution in [0.15, 0.2) is 12.2 Å². The van der Waals surface area contributed by atoms with Gasteiger partial charge in [0, 0.05) is 11.8 Å². The third-order valence-corrected chi connectivity index (χ3v) is 6.55. The lowest BCUT2D eigenvalue weighted by Crippen LogP contribution is -2.37. The van der Waals surface area contributed by atoms with Crippen molar-refractivity contribution in [3.63, 3.8) is 0 Å². The molecule has 5 heteroatoms. The molecule has 0 unspecified atom stereocenters. The van der Waals surface area contributed by atoms with Crippen molar-refractivity contribution in [3.05, 3.63) is 12.2 Å². The van der Waals surface area contributed by atoms with E-state index in [-0.39, 0.29) is 6.42 Å². The summed E-state index contributed by atoms with van der Waals surface area (Å²) in [6.07, 6.45) is 17.2. The van der Waals surface area contributed by atoms with Gasteiger partial charge in [-0.15, -0.1) is 0 Å². The lowest BCUT2D eigenvalue weighted by atomic mass is 9.86. The molecule has 0 saturated heterocycles. The van der Waals surface area contributed by atoms with Gasteiger partial charge >= 0.3 is 5.97 Å². The van der Waals surface area contributed by atoms with Gasteiger partial charge in [0.15, 0.2) is 0 Å². The molecule has 1 rings (SSSR count). The molecule has 1 fully saturated rings. The van der Waals surface area contributed by atoms with Gasteiger partial charge in [0.05, 0.1) is 0 Å². The van der Waals surface area contributed by atoms with Crippen molar-refractivity contribution < 1.29 is 20.1 Å². The van der Waals surface area contributed by atoms with Gasteiger partial charge in [0.2, 0.25) is 0 Å². The molecule has 0 aromatic heterocycles. The number of allylic oxidation sites excluding steroid dienone is 2. The van der Waals surface area contributed by atoms with E-state index in [1.807, 2.05) is 0 Å². The lowest BCUT2D eigenvalue weighted by Gasteiger charge is -2.21. The minimum absolute atomic E-state index is 0.0991. The Labute approximate surface area is 167 Å². The van der Waals surface area contributed by atoms with Crippen molar-refractivity contribution in [2.75, 3.05) is 5.33 Å². The molecule has 0 aromatic rings. The number of hydrogen-bond acceptors (Lipinski definition) is 3. The Balaban J connectivity index is 2.32. The average Bonchev–Trinajstić information content (AvgIpc) is 2.99. The Hall–Kier alpha value is -0.390. The molecule has 26 heavy (non-hydrogen) atoms. The molecule has 4 nitrogen and oxygen atoms in total. The summed E-state index contributed by atoms with van der Waals surface area (Å²) in [7, 11) is 0. The normalized spacial score (nSPS) is 23.8. The molecule has 1 saturated carbocycles. The molecule has 0 aromatic carbocycles. The average molecular weight is 433 g/mol. The number of aliphatic hydroxyl groups is 2. The van der Waals surface area contributed by atoms with Gasteiger partial charge in [0.1, 0.15) is 0 Å². The summed E-state index contributed by atoms with van der Waals surface area (Å²) in [5, 5.41) is 28.4. The number of carboxylic acids is 1. The number of halogens is 1. The third kappa shape index (κ3) is 8.53. The number of hydrogen-bond donors (Lipinski definition) is 3. The van der Waals surface area contributed by atoms with Gasteiger partial charge in [0.25, 0.3) is 5.79 Å². The van der Waals surface area contributed by atoms with E-state index < -0.39 is 11.8 Å². The molecule has 0 bridgehead atoms. The van der Waals surface area contributed by atoms with Gasteiger partial charge in [-0.05, 0) is 56.3 Å². The SMILES string of the molecule is CCCCCCC=C[C@@H]1[C@H](CCCCCC(O)(O)C(=O)O)CC[C@H]1CBr. The van der Waals surface area contributed by atoms with Gasteiger partial charge in [-0.25, -0.2) is 4.79 Å². The highest BCUT2D eigenvalue weighted by Crippen LogP contribution is 2.41. The van der Waals surface area contributed by atoms with Crippen LogP contribution < -0.4 is 0 Å². The minimum Gasteiger partial charge on any atom is -0.477 e. The smallest absolute Gasteiger partial charge is 0.364 e. The summed E-state index contributed by atoms with van der Waals surface area (Å²) in [5.74, 6) is -2.05. The van der Waals surface area contributed by atoms with Crippen molar-refractivity contribution in [1.82, 2.24) is 0 Å². The summed E-state index contributed by atoms with van der Waals surface area (Å²) < 4.78 is 0. The van der Waals surface area contributed by atoms with E-state index in [2.05, 4.69) is 35.0 Å². The predicted molar refractivity (Wildman–Crippen MR) is 109 cm³/mol. The van der Waals surface area contributed by atoms with Crippen LogP contribution in [0.3, 0.4) is 0 Å². The maximum atomic E-state index is 10.7. The second-order valence-corrected chi connectivity index (χ2v) is 8.48. The van der Waals surface area contributed by atoms with E-state index in [4.69, 9.17) is 5.11 Å². The van der Waals surface area contributed by atoms with Gasteiger partial charge in [-0.3, -0.25) is 0 Å². The van der Waals surface area contributed by atoms with Crippen LogP contribution in [-0.2, 0) is 4.79 Å². The number of alkyl halides is 1. The number of aliphatic carboxylic acids is 1. The second kappa shape index (κ2) is 12.9. The number of carboxylic acid groups (broad SMARTS) is 1. The molecule has 0 heterocycles. The zero-order valence-electron chi connectivity index (χ0n) is 16.2. The highest BCUT2D eigenvalue weighted by atomic mass is 79.9. The highest BCUT2D eigenvalue weighted by molar-refractivity contribution is 9.09. The molecule has 0 spiro atoms. The third-order valence-electron chi connectivity index (χ3n) is 5.72. The fraction of sp³-hybridized carbons (Fsp3) is 0.857. The van der Waals surface area contributed by atoms with Crippen LogP contribution >= 0.6 is 15.9 Å². The maximum absolute atomic E-state index is 10.7. The van der Waals surface area contributed by atoms with Crippen molar-refractivity contribution in [3.8, 4) is 0 Å². The topological polar surface area (TPSA) is 77.8 Å². The van der Waals surface area contributed by atoms with Crippen LogP contribution in [0.25, 0.3) is 0 Å². The Morgan fingerprint density at radius 1 is 1.08 bits per heavy atom. The van der Waals surface area contributed by atoms with Gasteiger partial charge in [-0.2, -0.15) is 0 Å². The van der Waals surface area contributed by atoms with E-state index in [1.165, 1.54) is 44.9 Å². The number of rotatable bonds is 14. The monoisotopic (exact) mass is 432 g/mol. The van der Waals surface area contributed by atoms with Crippen LogP contribution in [0.2, 0.25) is 0 Å². The first-order valence-corrected chi connectivity index (χ1v) is 11.4. The Morgan fingerprint density at radius 3 is 2.42 bits per heavy atom. The number of unbranched alkanes of at least 4 members (excludes halogenated alkanes) is 6. The molecular formula is C21H37BrO4. The fourth-order valence-electron chi connectivity index (χ4n) is 4.03. The van der Waals surface area contributed by atoms with Crippen molar-refractivity contribution in [2.24, 2.45) is 17.8 Å². The Kier molecular flexibility index (Phi) is 11.7. The van der Waals surface area contributed by atoms with E-state index >= 15 is 0 Å². The summed E-state index contributed by atoms with van der Waals surface area (Å²) >= 11 is 3.67. The first-order chi connectivity index (χ1) is 12.4. The largest absolute Gasteiger partial charge is 0.477 e. The standard InChI is InChI=1S/C21H37BrO4/c1-2-3-4-5-6-9-12-19-17(13-14-18(19)16-22)11-8-7-10-15-21(25,26)20(23)24/h9,12,17-19,25-26H,2-8,10-11,13-16H2,1H3,(H,23,24)/t17-,18+,19-/m1/s1. The lowest BCUT2D eigenvalue weighted by molar-refractivity contribution is -0.205. The Morgan fingerprint density at radius 2 is 1.77 bits per heavy atom. The van der Waals surface area contributed by atoms with E-state index in [1.54, 1.807) is 0 Å². The number of carbonyl (C=O) groups is 1. The van der Waals surface area contributed by atoms with Crippen LogP contribution in [0.4, 0.5) is 0 Å². The molecular weight excluding hydrogens is 396 g/mol. The molecule has 3 atom stereocenters. The maximum Gasteiger partial charge on any atom is 0.364 e. The molecule has 0 amide bonds. The molecule has 0 aliphatic heterocycles. The van der Waals surface area contributed by atoms with Crippen molar-refractivity contribution in [1.29, 1.82) is 0 Å². The van der Waals surface area contributed by atoms with Crippen LogP contribution in [-0.4, -0.2) is 32.4 Å². The first kappa shape index (κ1) is 23.6. The molecule has 1 aliphatic carbocycles. The van der Waals surface area contributed by atoms with Crippen molar-refractivity contribution in [2.45, 2.75) is 89.8 Å². The quantitative estimate of drug-likeness (QED) is 0.151. The van der Waals surface area contributed by atoms with Crippen LogP contribution in [0, 0.1) is 17.8 Å². The predicted octanol–water partition coefficient (Wildman–Crippen LogP) is 5.27. The summed E-state index contributed by atoms with van der Waals surface area (Å²) in [6.45, 7) is 2.24. The van der Waals surface area contributed by atoms with Crippen LogP contribution in [0.5, 0.6) is 0 Å². The highest BCUT2D eigenvalue weighted by Gasteiger charge is 2.34. The second-order valence-electron chi connectivity index (χ2n) is 7.83. The molecule has 1 aliphatic rings. The van der Waals surface area contributed by atoms with Crippen LogP contribution in [0.1, 0.15) is 84.0 Å². The summed E-state index contributed by atoms with van der Waals surface area (Å²) in [4.78, 5) is 10.7. The van der Waals surface area contributed by atoms with E-state index in [0.29, 0.717) is 18.3 Å². The minimum atomic E-state index is -2.57.